The molecule has 1 saturated heterocycles. The highest BCUT2D eigenvalue weighted by Gasteiger charge is 2.24. The number of amides is 1. The molecule has 0 saturated carbocycles. The number of nitrogens with zero attached hydrogens (tertiary/aromatic N) is 2. The predicted octanol–water partition coefficient (Wildman–Crippen LogP) is 2.96. The van der Waals surface area contributed by atoms with Crippen LogP contribution in [0, 0.1) is 0 Å². The van der Waals surface area contributed by atoms with Crippen molar-refractivity contribution in [1.29, 1.82) is 0 Å². The first-order chi connectivity index (χ1) is 12.1. The van der Waals surface area contributed by atoms with E-state index in [0.29, 0.717) is 18.7 Å². The number of para-hydroxylation sites is 1. The summed E-state index contributed by atoms with van der Waals surface area (Å²) in [6.07, 6.45) is 4.21. The van der Waals surface area contributed by atoms with E-state index in [9.17, 15) is 9.59 Å². The lowest BCUT2D eigenvalue weighted by Gasteiger charge is -2.30. The number of aromatic nitrogens is 1. The van der Waals surface area contributed by atoms with E-state index in [0.717, 1.165) is 43.2 Å². The zero-order valence-electron chi connectivity index (χ0n) is 15.0. The van der Waals surface area contributed by atoms with Crippen molar-refractivity contribution in [3.8, 4) is 0 Å². The van der Waals surface area contributed by atoms with Crippen molar-refractivity contribution in [2.45, 2.75) is 38.7 Å². The van der Waals surface area contributed by atoms with Crippen LogP contribution < -0.4 is 5.56 Å². The molecule has 1 aromatic carbocycles. The first-order valence-corrected chi connectivity index (χ1v) is 9.11. The number of benzene rings is 1. The molecule has 2 aromatic rings. The van der Waals surface area contributed by atoms with Gasteiger partial charge in [0.25, 0.3) is 11.5 Å². The molecule has 0 aliphatic carbocycles. The highest BCUT2D eigenvalue weighted by molar-refractivity contribution is 6.06. The van der Waals surface area contributed by atoms with Gasteiger partial charge in [0.15, 0.2) is 0 Å². The second kappa shape index (κ2) is 7.83. The van der Waals surface area contributed by atoms with E-state index in [4.69, 9.17) is 4.74 Å². The molecule has 134 valence electrons. The van der Waals surface area contributed by atoms with Gasteiger partial charge < -0.3 is 14.2 Å². The van der Waals surface area contributed by atoms with Crippen LogP contribution in [0.3, 0.4) is 0 Å². The fourth-order valence-corrected chi connectivity index (χ4v) is 3.50. The van der Waals surface area contributed by atoms with E-state index in [1.54, 1.807) is 11.6 Å². The van der Waals surface area contributed by atoms with Crippen LogP contribution in [0.1, 0.15) is 43.0 Å². The normalized spacial score (nSPS) is 17.6. The highest BCUT2D eigenvalue weighted by Crippen LogP contribution is 2.20. The molecule has 3 rings (SSSR count). The van der Waals surface area contributed by atoms with Crippen LogP contribution in [-0.4, -0.2) is 41.2 Å². The standard InChI is InChI=1S/C20H26N2O3/c1-3-11-22(14-15-8-6-7-12-25-15)20(24)17-13-19(23)21(2)18-10-5-4-9-16(17)18/h4-5,9-10,13,15H,3,6-8,11-12,14H2,1-2H3/t15-/m1/s1. The number of hydrogen-bond donors (Lipinski definition) is 0. The summed E-state index contributed by atoms with van der Waals surface area (Å²) in [6, 6.07) is 9.04. The van der Waals surface area contributed by atoms with Crippen LogP contribution in [0.25, 0.3) is 10.9 Å². The van der Waals surface area contributed by atoms with Gasteiger partial charge in [0.05, 0.1) is 17.2 Å². The number of rotatable bonds is 5. The Hall–Kier alpha value is -2.14. The zero-order valence-corrected chi connectivity index (χ0v) is 15.0. The Kier molecular flexibility index (Phi) is 5.53. The minimum Gasteiger partial charge on any atom is -0.376 e. The van der Waals surface area contributed by atoms with Crippen molar-refractivity contribution in [1.82, 2.24) is 9.47 Å². The van der Waals surface area contributed by atoms with E-state index < -0.39 is 0 Å². The van der Waals surface area contributed by atoms with Crippen LogP contribution in [0.4, 0.5) is 0 Å². The van der Waals surface area contributed by atoms with Gasteiger partial charge in [-0.2, -0.15) is 0 Å². The van der Waals surface area contributed by atoms with Crippen molar-refractivity contribution < 1.29 is 9.53 Å². The van der Waals surface area contributed by atoms with E-state index in [1.807, 2.05) is 29.2 Å². The average Bonchev–Trinajstić information content (AvgIpc) is 2.65. The quantitative estimate of drug-likeness (QED) is 0.839. The lowest BCUT2D eigenvalue weighted by atomic mass is 10.1. The number of aryl methyl sites for hydroxylation is 1. The summed E-state index contributed by atoms with van der Waals surface area (Å²) in [4.78, 5) is 27.3. The Labute approximate surface area is 148 Å². The van der Waals surface area contributed by atoms with E-state index in [1.165, 1.54) is 6.07 Å². The van der Waals surface area contributed by atoms with Crippen LogP contribution in [-0.2, 0) is 11.8 Å². The molecule has 1 atom stereocenters. The summed E-state index contributed by atoms with van der Waals surface area (Å²) in [5.41, 5.74) is 1.11. The fraction of sp³-hybridized carbons (Fsp3) is 0.500. The summed E-state index contributed by atoms with van der Waals surface area (Å²) in [5, 5.41) is 0.820. The molecule has 1 amide bonds. The van der Waals surface area contributed by atoms with Crippen molar-refractivity contribution in [2.75, 3.05) is 19.7 Å². The Balaban J connectivity index is 1.95. The first kappa shape index (κ1) is 17.7. The summed E-state index contributed by atoms with van der Waals surface area (Å²) < 4.78 is 7.40. The van der Waals surface area contributed by atoms with Crippen molar-refractivity contribution in [3.05, 3.63) is 46.2 Å². The minimum absolute atomic E-state index is 0.0788. The molecule has 1 aliphatic heterocycles. The number of carbonyl (C=O) groups is 1. The van der Waals surface area contributed by atoms with Crippen LogP contribution in [0.2, 0.25) is 0 Å². The molecular formula is C20H26N2O3. The van der Waals surface area contributed by atoms with E-state index in [-0.39, 0.29) is 17.6 Å². The summed E-state index contributed by atoms with van der Waals surface area (Å²) in [7, 11) is 1.73. The average molecular weight is 342 g/mol. The number of carbonyl (C=O) groups excluding carboxylic acids is 1. The largest absolute Gasteiger partial charge is 0.376 e. The topological polar surface area (TPSA) is 51.5 Å². The summed E-state index contributed by atoms with van der Waals surface area (Å²) in [6.45, 7) is 4.09. The number of pyridine rings is 1. The molecule has 0 bridgehead atoms. The molecule has 1 aliphatic rings. The molecule has 1 fully saturated rings. The Morgan fingerprint density at radius 2 is 2.12 bits per heavy atom. The van der Waals surface area contributed by atoms with Crippen LogP contribution in [0.5, 0.6) is 0 Å². The fourth-order valence-electron chi connectivity index (χ4n) is 3.50. The van der Waals surface area contributed by atoms with Gasteiger partial charge in [-0.05, 0) is 31.7 Å². The second-order valence-electron chi connectivity index (χ2n) is 6.71. The van der Waals surface area contributed by atoms with Gasteiger partial charge in [-0.3, -0.25) is 9.59 Å². The second-order valence-corrected chi connectivity index (χ2v) is 6.71. The molecule has 1 aromatic heterocycles. The minimum atomic E-state index is -0.160. The molecule has 0 unspecified atom stereocenters. The maximum Gasteiger partial charge on any atom is 0.254 e. The third kappa shape index (κ3) is 3.76. The molecule has 2 heterocycles. The predicted molar refractivity (Wildman–Crippen MR) is 99.0 cm³/mol. The lowest BCUT2D eigenvalue weighted by Crippen LogP contribution is -2.40. The van der Waals surface area contributed by atoms with Crippen molar-refractivity contribution in [3.63, 3.8) is 0 Å². The third-order valence-electron chi connectivity index (χ3n) is 4.86. The van der Waals surface area contributed by atoms with Crippen LogP contribution in [0.15, 0.2) is 35.1 Å². The van der Waals surface area contributed by atoms with Gasteiger partial charge >= 0.3 is 0 Å². The molecular weight excluding hydrogens is 316 g/mol. The van der Waals surface area contributed by atoms with Gasteiger partial charge in [0.1, 0.15) is 0 Å². The number of fused-ring (bicyclic) bond motifs is 1. The molecule has 0 N–H and O–H groups in total. The zero-order chi connectivity index (χ0) is 17.8. The summed E-state index contributed by atoms with van der Waals surface area (Å²) >= 11 is 0. The highest BCUT2D eigenvalue weighted by atomic mass is 16.5. The molecule has 0 spiro atoms. The first-order valence-electron chi connectivity index (χ1n) is 9.11. The van der Waals surface area contributed by atoms with E-state index in [2.05, 4.69) is 6.92 Å². The van der Waals surface area contributed by atoms with Crippen LogP contribution >= 0.6 is 0 Å². The Bertz CT molecular complexity index is 806. The molecule has 5 heteroatoms. The van der Waals surface area contributed by atoms with Crippen molar-refractivity contribution in [2.24, 2.45) is 7.05 Å². The van der Waals surface area contributed by atoms with Gasteiger partial charge in [-0.25, -0.2) is 0 Å². The molecule has 0 radical (unpaired) electrons. The van der Waals surface area contributed by atoms with Gasteiger partial charge in [-0.1, -0.05) is 25.1 Å². The smallest absolute Gasteiger partial charge is 0.254 e. The Morgan fingerprint density at radius 1 is 1.32 bits per heavy atom. The maximum atomic E-state index is 13.2. The molecule has 25 heavy (non-hydrogen) atoms. The number of ether oxygens (including phenoxy) is 1. The van der Waals surface area contributed by atoms with Crippen molar-refractivity contribution >= 4 is 16.8 Å². The number of hydrogen-bond acceptors (Lipinski definition) is 3. The summed E-state index contributed by atoms with van der Waals surface area (Å²) in [5.74, 6) is -0.0788. The SMILES string of the molecule is CCCN(C[C@H]1CCCCO1)C(=O)c1cc(=O)n(C)c2ccccc12. The van der Waals surface area contributed by atoms with Gasteiger partial charge in [-0.15, -0.1) is 0 Å². The maximum absolute atomic E-state index is 13.2. The van der Waals surface area contributed by atoms with Gasteiger partial charge in [0, 0.05) is 38.2 Å². The lowest BCUT2D eigenvalue weighted by molar-refractivity contribution is -0.00380. The molecule has 5 nitrogen and oxygen atoms in total. The monoisotopic (exact) mass is 342 g/mol. The van der Waals surface area contributed by atoms with E-state index >= 15 is 0 Å². The third-order valence-corrected chi connectivity index (χ3v) is 4.86. The Morgan fingerprint density at radius 3 is 2.84 bits per heavy atom. The van der Waals surface area contributed by atoms with Gasteiger partial charge in [0.2, 0.25) is 0 Å².